The van der Waals surface area contributed by atoms with Gasteiger partial charge in [0.1, 0.15) is 6.61 Å². The van der Waals surface area contributed by atoms with Crippen LogP contribution in [0.25, 0.3) is 0 Å². The van der Waals surface area contributed by atoms with Gasteiger partial charge in [-0.3, -0.25) is 4.79 Å². The van der Waals surface area contributed by atoms with Crippen molar-refractivity contribution >= 4 is 12.0 Å². The highest BCUT2D eigenvalue weighted by atomic mass is 16.5. The lowest BCUT2D eigenvalue weighted by atomic mass is 10.1. The molecule has 0 fully saturated rings. The van der Waals surface area contributed by atoms with Crippen LogP contribution in [0.3, 0.4) is 0 Å². The average molecular weight is 279 g/mol. The molecule has 0 heterocycles. The van der Waals surface area contributed by atoms with Crippen molar-refractivity contribution < 1.29 is 14.3 Å². The molecule has 0 saturated carbocycles. The third-order valence-electron chi connectivity index (χ3n) is 2.76. The molecule has 0 bridgehead atoms. The maximum absolute atomic E-state index is 11.4. The van der Waals surface area contributed by atoms with Gasteiger partial charge in [0.15, 0.2) is 0 Å². The molecule has 1 aromatic rings. The van der Waals surface area contributed by atoms with E-state index in [1.165, 1.54) is 0 Å². The zero-order valence-electron chi connectivity index (χ0n) is 11.6. The minimum Gasteiger partial charge on any atom is -0.445 e. The maximum atomic E-state index is 11.4. The summed E-state index contributed by atoms with van der Waals surface area (Å²) in [4.78, 5) is 22.6. The molecule has 1 atom stereocenters. The van der Waals surface area contributed by atoms with Crippen molar-refractivity contribution in [3.8, 4) is 0 Å². The van der Waals surface area contributed by atoms with Crippen LogP contribution in [0.2, 0.25) is 0 Å². The molecule has 0 spiro atoms. The molecule has 6 nitrogen and oxygen atoms in total. The average Bonchev–Trinajstić information content (AvgIpc) is 2.49. The van der Waals surface area contributed by atoms with Gasteiger partial charge in [-0.15, -0.1) is 0 Å². The van der Waals surface area contributed by atoms with E-state index in [1.807, 2.05) is 30.3 Å². The van der Waals surface area contributed by atoms with Crippen LogP contribution in [0.4, 0.5) is 4.79 Å². The second kappa shape index (κ2) is 8.92. The quantitative estimate of drug-likeness (QED) is 0.643. The second-order valence-corrected chi connectivity index (χ2v) is 4.35. The van der Waals surface area contributed by atoms with Gasteiger partial charge in [0.05, 0.1) is 6.04 Å². The first kappa shape index (κ1) is 16.0. The van der Waals surface area contributed by atoms with Crippen LogP contribution < -0.4 is 16.4 Å². The van der Waals surface area contributed by atoms with Gasteiger partial charge in [0.25, 0.3) is 0 Å². The van der Waals surface area contributed by atoms with E-state index in [4.69, 9.17) is 10.5 Å². The normalized spacial score (nSPS) is 11.5. The van der Waals surface area contributed by atoms with Crippen molar-refractivity contribution in [3.05, 3.63) is 35.9 Å². The summed E-state index contributed by atoms with van der Waals surface area (Å²) in [6.45, 7) is 0.669. The second-order valence-electron chi connectivity index (χ2n) is 4.35. The van der Waals surface area contributed by atoms with Gasteiger partial charge in [-0.1, -0.05) is 30.3 Å². The van der Waals surface area contributed by atoms with Crippen molar-refractivity contribution in [2.45, 2.75) is 25.5 Å². The Morgan fingerprint density at radius 1 is 1.30 bits per heavy atom. The van der Waals surface area contributed by atoms with Crippen molar-refractivity contribution in [1.29, 1.82) is 0 Å². The summed E-state index contributed by atoms with van der Waals surface area (Å²) in [5, 5.41) is 5.09. The van der Waals surface area contributed by atoms with Gasteiger partial charge in [-0.2, -0.15) is 0 Å². The molecule has 0 aliphatic heterocycles. The Morgan fingerprint density at radius 2 is 2.00 bits per heavy atom. The van der Waals surface area contributed by atoms with Crippen LogP contribution in [0.5, 0.6) is 0 Å². The molecule has 110 valence electrons. The third kappa shape index (κ3) is 6.19. The topological polar surface area (TPSA) is 93.5 Å². The zero-order chi connectivity index (χ0) is 14.8. The van der Waals surface area contributed by atoms with Crippen LogP contribution in [0.1, 0.15) is 18.4 Å². The fourth-order valence-corrected chi connectivity index (χ4v) is 1.60. The van der Waals surface area contributed by atoms with Gasteiger partial charge < -0.3 is 21.1 Å². The Balaban J connectivity index is 2.10. The van der Waals surface area contributed by atoms with E-state index in [0.717, 1.165) is 5.56 Å². The van der Waals surface area contributed by atoms with Crippen LogP contribution in [-0.4, -0.2) is 31.6 Å². The lowest BCUT2D eigenvalue weighted by Gasteiger charge is -2.10. The van der Waals surface area contributed by atoms with E-state index >= 15 is 0 Å². The molecular weight excluding hydrogens is 258 g/mol. The first-order valence-electron chi connectivity index (χ1n) is 6.55. The number of carbonyl (C=O) groups excluding carboxylic acids is 2. The summed E-state index contributed by atoms with van der Waals surface area (Å²) in [6.07, 6.45) is 0.663. The van der Waals surface area contributed by atoms with E-state index in [2.05, 4.69) is 10.6 Å². The summed E-state index contributed by atoms with van der Waals surface area (Å²) in [7, 11) is 1.54. The van der Waals surface area contributed by atoms with E-state index in [1.54, 1.807) is 7.05 Å². The fourth-order valence-electron chi connectivity index (χ4n) is 1.60. The number of hydrogen-bond donors (Lipinski definition) is 3. The smallest absolute Gasteiger partial charge is 0.407 e. The van der Waals surface area contributed by atoms with Crippen LogP contribution in [0.15, 0.2) is 30.3 Å². The minimum absolute atomic E-state index is 0.198. The van der Waals surface area contributed by atoms with Crippen LogP contribution >= 0.6 is 0 Å². The van der Waals surface area contributed by atoms with Gasteiger partial charge in [0.2, 0.25) is 5.91 Å². The van der Waals surface area contributed by atoms with Gasteiger partial charge >= 0.3 is 6.09 Å². The number of likely N-dealkylation sites (N-methyl/N-ethyl adjacent to an activating group) is 1. The summed E-state index contributed by atoms with van der Waals surface area (Å²) in [5.41, 5.74) is 6.56. The largest absolute Gasteiger partial charge is 0.445 e. The van der Waals surface area contributed by atoms with Crippen LogP contribution in [-0.2, 0) is 16.1 Å². The molecule has 2 amide bonds. The van der Waals surface area contributed by atoms with Gasteiger partial charge in [-0.05, 0) is 18.4 Å². The van der Waals surface area contributed by atoms with Gasteiger partial charge in [-0.25, -0.2) is 4.79 Å². The van der Waals surface area contributed by atoms with E-state index in [0.29, 0.717) is 19.4 Å². The molecule has 20 heavy (non-hydrogen) atoms. The number of rotatable bonds is 7. The molecule has 1 aromatic carbocycles. The summed E-state index contributed by atoms with van der Waals surface area (Å²) in [5.74, 6) is -0.198. The number of ether oxygens (including phenoxy) is 1. The predicted molar refractivity (Wildman–Crippen MR) is 75.9 cm³/mol. The van der Waals surface area contributed by atoms with Crippen LogP contribution in [0, 0.1) is 0 Å². The molecule has 0 saturated heterocycles. The highest BCUT2D eigenvalue weighted by molar-refractivity contribution is 5.81. The Hall–Kier alpha value is -2.08. The Bertz CT molecular complexity index is 423. The van der Waals surface area contributed by atoms with Crippen molar-refractivity contribution in [1.82, 2.24) is 10.6 Å². The molecule has 0 unspecified atom stereocenters. The van der Waals surface area contributed by atoms with Crippen molar-refractivity contribution in [2.24, 2.45) is 5.73 Å². The highest BCUT2D eigenvalue weighted by Crippen LogP contribution is 2.00. The Labute approximate surface area is 118 Å². The fraction of sp³-hybridized carbons (Fsp3) is 0.429. The molecule has 6 heteroatoms. The SMILES string of the molecule is CNC(=O)[C@H](N)CCCNC(=O)OCc1ccccc1. The van der Waals surface area contributed by atoms with Crippen molar-refractivity contribution in [2.75, 3.05) is 13.6 Å². The maximum Gasteiger partial charge on any atom is 0.407 e. The number of nitrogens with one attached hydrogen (secondary N) is 2. The molecular formula is C14H21N3O3. The lowest BCUT2D eigenvalue weighted by Crippen LogP contribution is -2.39. The monoisotopic (exact) mass is 279 g/mol. The lowest BCUT2D eigenvalue weighted by molar-refractivity contribution is -0.122. The molecule has 4 N–H and O–H groups in total. The van der Waals surface area contributed by atoms with E-state index in [-0.39, 0.29) is 12.5 Å². The Kier molecular flexibility index (Phi) is 7.13. The standard InChI is InChI=1S/C14H21N3O3/c1-16-13(18)12(15)8-5-9-17-14(19)20-10-11-6-3-2-4-7-11/h2-4,6-7,12H,5,8-10,15H2,1H3,(H,16,18)(H,17,19)/t12-/m1/s1. The van der Waals surface area contributed by atoms with E-state index < -0.39 is 12.1 Å². The number of hydrogen-bond acceptors (Lipinski definition) is 4. The molecule has 1 rings (SSSR count). The number of carbonyl (C=O) groups is 2. The zero-order valence-corrected chi connectivity index (χ0v) is 11.6. The van der Waals surface area contributed by atoms with Crippen molar-refractivity contribution in [3.63, 3.8) is 0 Å². The number of nitrogens with two attached hydrogens (primary N) is 1. The molecule has 0 radical (unpaired) electrons. The number of alkyl carbamates (subject to hydrolysis) is 1. The predicted octanol–water partition coefficient (Wildman–Crippen LogP) is 0.766. The first-order valence-corrected chi connectivity index (χ1v) is 6.55. The summed E-state index contributed by atoms with van der Waals surface area (Å²) < 4.78 is 5.04. The van der Waals surface area contributed by atoms with Gasteiger partial charge in [0, 0.05) is 13.6 Å². The molecule has 0 aliphatic carbocycles. The van der Waals surface area contributed by atoms with E-state index in [9.17, 15) is 9.59 Å². The summed E-state index contributed by atoms with van der Waals surface area (Å²) in [6, 6.07) is 8.90. The summed E-state index contributed by atoms with van der Waals surface area (Å²) >= 11 is 0. The minimum atomic E-state index is -0.540. The number of amides is 2. The molecule has 0 aliphatic rings. The number of benzene rings is 1. The Morgan fingerprint density at radius 3 is 2.65 bits per heavy atom. The third-order valence-corrected chi connectivity index (χ3v) is 2.76. The highest BCUT2D eigenvalue weighted by Gasteiger charge is 2.10. The first-order chi connectivity index (χ1) is 9.63. The molecule has 0 aromatic heterocycles.